The molecule has 0 N–H and O–H groups in total. The van der Waals surface area contributed by atoms with Crippen LogP contribution in [0, 0.1) is 0 Å². The molecule has 1 heterocycles. The van der Waals surface area contributed by atoms with Crippen LogP contribution in [0.1, 0.15) is 0 Å². The van der Waals surface area contributed by atoms with E-state index >= 15 is 0 Å². The highest BCUT2D eigenvalue weighted by Crippen LogP contribution is 2.26. The van der Waals surface area contributed by atoms with Crippen molar-refractivity contribution in [3.05, 3.63) is 16.6 Å². The minimum Gasteiger partial charge on any atom is -0.172 e. The number of hydrogen-bond acceptors (Lipinski definition) is 4. The fourth-order valence-electron chi connectivity index (χ4n) is 0.823. The Bertz CT molecular complexity index is 362. The van der Waals surface area contributed by atoms with Crippen LogP contribution in [0.2, 0.25) is 0 Å². The van der Waals surface area contributed by atoms with Crippen molar-refractivity contribution in [2.45, 2.75) is 4.90 Å². The fourth-order valence-corrected chi connectivity index (χ4v) is 2.22. The van der Waals surface area contributed by atoms with Gasteiger partial charge in [0.05, 0.1) is 11.7 Å². The van der Waals surface area contributed by atoms with Gasteiger partial charge in [0.15, 0.2) is 0 Å². The topological polar surface area (TPSA) is 25.8 Å². The minimum atomic E-state index is 0.868. The van der Waals surface area contributed by atoms with E-state index in [-0.39, 0.29) is 0 Å². The van der Waals surface area contributed by atoms with Crippen molar-refractivity contribution in [1.82, 2.24) is 8.75 Å². The molecule has 0 atom stereocenters. The summed E-state index contributed by atoms with van der Waals surface area (Å²) >= 11 is 8.83. The van der Waals surface area contributed by atoms with Gasteiger partial charge in [-0.3, -0.25) is 0 Å². The number of rotatable bonds is 0. The Kier molecular flexibility index (Phi) is 1.86. The second-order valence-electron chi connectivity index (χ2n) is 2.03. The molecule has 0 saturated heterocycles. The van der Waals surface area contributed by atoms with Crippen LogP contribution in [0.25, 0.3) is 11.0 Å². The molecule has 0 bridgehead atoms. The first-order chi connectivity index (χ1) is 5.29. The summed E-state index contributed by atoms with van der Waals surface area (Å²) in [6, 6.07) is 3.82. The zero-order valence-corrected chi connectivity index (χ0v) is 8.58. The predicted octanol–water partition coefficient (Wildman–Crippen LogP) is 2.74. The average Bonchev–Trinajstić information content (AvgIpc) is 2.45. The van der Waals surface area contributed by atoms with E-state index in [0.29, 0.717) is 0 Å². The molecule has 0 aliphatic carbocycles. The third-order valence-corrected chi connectivity index (χ3v) is 2.87. The monoisotopic (exact) mass is 246 g/mol. The summed E-state index contributed by atoms with van der Waals surface area (Å²) in [4.78, 5) is 0.872. The zero-order chi connectivity index (χ0) is 7.84. The second kappa shape index (κ2) is 2.73. The van der Waals surface area contributed by atoms with E-state index in [2.05, 4.69) is 37.3 Å². The maximum atomic E-state index is 4.25. The molecule has 0 radical (unpaired) electrons. The lowest BCUT2D eigenvalue weighted by Crippen LogP contribution is -1.73. The van der Waals surface area contributed by atoms with Gasteiger partial charge in [0.25, 0.3) is 0 Å². The Hall–Kier alpha value is -0.130. The maximum absolute atomic E-state index is 4.25. The zero-order valence-electron chi connectivity index (χ0n) is 5.28. The van der Waals surface area contributed by atoms with Gasteiger partial charge >= 0.3 is 0 Å². The Morgan fingerprint density at radius 2 is 2.00 bits per heavy atom. The van der Waals surface area contributed by atoms with Gasteiger partial charge in [-0.2, -0.15) is 8.75 Å². The van der Waals surface area contributed by atoms with Crippen LogP contribution >= 0.6 is 40.3 Å². The van der Waals surface area contributed by atoms with E-state index < -0.39 is 0 Å². The molecule has 2 nitrogen and oxygen atoms in total. The van der Waals surface area contributed by atoms with Gasteiger partial charge in [-0.1, -0.05) is 0 Å². The Balaban J connectivity index is 2.96. The second-order valence-corrected chi connectivity index (χ2v) is 3.89. The first kappa shape index (κ1) is 7.52. The Morgan fingerprint density at radius 1 is 1.27 bits per heavy atom. The fraction of sp³-hybridized carbons (Fsp3) is 0. The molecule has 0 aliphatic rings. The number of hydrogen-bond donors (Lipinski definition) is 1. The van der Waals surface area contributed by atoms with Crippen molar-refractivity contribution < 1.29 is 0 Å². The first-order valence-corrected chi connectivity index (χ1v) is 4.86. The van der Waals surface area contributed by atoms with Crippen molar-refractivity contribution in [2.75, 3.05) is 0 Å². The van der Waals surface area contributed by atoms with Gasteiger partial charge in [-0.05, 0) is 28.1 Å². The van der Waals surface area contributed by atoms with Crippen molar-refractivity contribution in [3.8, 4) is 0 Å². The lowest BCUT2D eigenvalue weighted by atomic mass is 10.3. The average molecular weight is 247 g/mol. The summed E-state index contributed by atoms with van der Waals surface area (Å²) in [5, 5.41) is 0. The van der Waals surface area contributed by atoms with Gasteiger partial charge < -0.3 is 0 Å². The number of thiol groups is 1. The quantitative estimate of drug-likeness (QED) is 0.724. The van der Waals surface area contributed by atoms with E-state index in [9.17, 15) is 0 Å². The molecule has 2 rings (SSSR count). The van der Waals surface area contributed by atoms with Crippen LogP contribution in [0.3, 0.4) is 0 Å². The van der Waals surface area contributed by atoms with Crippen LogP contribution in [0.4, 0.5) is 0 Å². The lowest BCUT2D eigenvalue weighted by molar-refractivity contribution is 1.47. The highest BCUT2D eigenvalue weighted by atomic mass is 79.9. The number of halogens is 1. The molecule has 11 heavy (non-hydrogen) atoms. The van der Waals surface area contributed by atoms with Crippen molar-refractivity contribution >= 4 is 51.3 Å². The number of nitrogens with zero attached hydrogens (tertiary/aromatic N) is 2. The van der Waals surface area contributed by atoms with Gasteiger partial charge in [0, 0.05) is 9.37 Å². The lowest BCUT2D eigenvalue weighted by Gasteiger charge is -1.92. The summed E-state index contributed by atoms with van der Waals surface area (Å²) < 4.78 is 9.19. The molecule has 0 aliphatic heterocycles. The summed E-state index contributed by atoms with van der Waals surface area (Å²) in [6.45, 7) is 0. The smallest absolute Gasteiger partial charge is 0.120 e. The van der Waals surface area contributed by atoms with Crippen LogP contribution in [0.15, 0.2) is 21.5 Å². The van der Waals surface area contributed by atoms with E-state index in [1.54, 1.807) is 0 Å². The maximum Gasteiger partial charge on any atom is 0.120 e. The summed E-state index contributed by atoms with van der Waals surface area (Å²) in [7, 11) is 0. The van der Waals surface area contributed by atoms with Crippen LogP contribution in [-0.4, -0.2) is 8.75 Å². The van der Waals surface area contributed by atoms with Crippen LogP contribution < -0.4 is 0 Å². The van der Waals surface area contributed by atoms with Crippen molar-refractivity contribution in [1.29, 1.82) is 0 Å². The molecular formula is C6H3BrN2S2. The third kappa shape index (κ3) is 1.17. The number of benzene rings is 1. The van der Waals surface area contributed by atoms with E-state index in [4.69, 9.17) is 0 Å². The summed E-state index contributed by atoms with van der Waals surface area (Å²) in [5.41, 5.74) is 1.76. The standard InChI is InChI=1S/C6H3BrN2S2/c7-3-1-2-4(10)6-5(3)8-11-9-6/h1-2,10H. The number of fused-ring (bicyclic) bond motifs is 1. The molecule has 0 fully saturated rings. The summed E-state index contributed by atoms with van der Waals surface area (Å²) in [6.07, 6.45) is 0. The molecule has 0 spiro atoms. The molecule has 2 aromatic rings. The van der Waals surface area contributed by atoms with Crippen molar-refractivity contribution in [3.63, 3.8) is 0 Å². The first-order valence-electron chi connectivity index (χ1n) is 2.89. The summed E-state index contributed by atoms with van der Waals surface area (Å²) in [5.74, 6) is 0. The van der Waals surface area contributed by atoms with E-state index in [1.807, 2.05) is 12.1 Å². The molecule has 1 aromatic heterocycles. The highest BCUT2D eigenvalue weighted by Gasteiger charge is 2.04. The van der Waals surface area contributed by atoms with Crippen molar-refractivity contribution in [2.24, 2.45) is 0 Å². The van der Waals surface area contributed by atoms with Gasteiger partial charge in [-0.25, -0.2) is 0 Å². The Morgan fingerprint density at radius 3 is 2.73 bits per heavy atom. The van der Waals surface area contributed by atoms with Gasteiger partial charge in [-0.15, -0.1) is 12.6 Å². The minimum absolute atomic E-state index is 0.868. The molecule has 56 valence electrons. The molecular weight excluding hydrogens is 244 g/mol. The molecule has 0 unspecified atom stereocenters. The van der Waals surface area contributed by atoms with Gasteiger partial charge in [0.1, 0.15) is 11.0 Å². The van der Waals surface area contributed by atoms with Crippen LogP contribution in [0.5, 0.6) is 0 Å². The highest BCUT2D eigenvalue weighted by molar-refractivity contribution is 9.10. The third-order valence-electron chi connectivity index (χ3n) is 1.34. The van der Waals surface area contributed by atoms with E-state index in [0.717, 1.165) is 20.4 Å². The SMILES string of the molecule is Sc1ccc(Br)c2nsnc12. The largest absolute Gasteiger partial charge is 0.172 e. The molecule has 0 saturated carbocycles. The molecule has 0 amide bonds. The predicted molar refractivity (Wildman–Crippen MR) is 52.4 cm³/mol. The van der Waals surface area contributed by atoms with E-state index in [1.165, 1.54) is 11.7 Å². The number of aromatic nitrogens is 2. The normalized spacial score (nSPS) is 10.7. The Labute approximate surface area is 81.5 Å². The molecule has 5 heteroatoms. The molecule has 1 aromatic carbocycles. The van der Waals surface area contributed by atoms with Gasteiger partial charge in [0.2, 0.25) is 0 Å². The van der Waals surface area contributed by atoms with Crippen LogP contribution in [-0.2, 0) is 0 Å².